The van der Waals surface area contributed by atoms with Gasteiger partial charge in [-0.3, -0.25) is 14.9 Å². The number of hydrogen-bond acceptors (Lipinski definition) is 4. The number of aldehydes is 1. The predicted octanol–water partition coefficient (Wildman–Crippen LogP) is 1.70. The van der Waals surface area contributed by atoms with E-state index in [0.717, 1.165) is 0 Å². The SMILES string of the molecule is O=Cc1cc([N+](=O)[O-])ccc1S. The Bertz CT molecular complexity index is 337. The average molecular weight is 183 g/mol. The van der Waals surface area contributed by atoms with Crippen molar-refractivity contribution >= 4 is 24.6 Å². The van der Waals surface area contributed by atoms with E-state index in [1.165, 1.54) is 18.2 Å². The molecule has 0 saturated heterocycles. The Morgan fingerprint density at radius 2 is 2.17 bits per heavy atom. The fourth-order valence-electron chi connectivity index (χ4n) is 0.750. The molecule has 0 aromatic heterocycles. The van der Waals surface area contributed by atoms with Crippen LogP contribution in [-0.2, 0) is 0 Å². The van der Waals surface area contributed by atoms with Crippen molar-refractivity contribution in [3.63, 3.8) is 0 Å². The number of hydrogen-bond donors (Lipinski definition) is 1. The normalized spacial score (nSPS) is 9.42. The van der Waals surface area contributed by atoms with E-state index in [0.29, 0.717) is 11.2 Å². The van der Waals surface area contributed by atoms with E-state index in [1.807, 2.05) is 0 Å². The van der Waals surface area contributed by atoms with E-state index in [-0.39, 0.29) is 11.3 Å². The van der Waals surface area contributed by atoms with Crippen molar-refractivity contribution < 1.29 is 9.72 Å². The van der Waals surface area contributed by atoms with Gasteiger partial charge in [-0.1, -0.05) is 0 Å². The first-order valence-corrected chi connectivity index (χ1v) is 3.52. The van der Waals surface area contributed by atoms with E-state index in [2.05, 4.69) is 12.6 Å². The first-order chi connectivity index (χ1) is 5.65. The number of nitrogens with zero attached hydrogens (tertiary/aromatic N) is 1. The summed E-state index contributed by atoms with van der Waals surface area (Å²) in [6.45, 7) is 0. The van der Waals surface area contributed by atoms with E-state index in [1.54, 1.807) is 0 Å². The number of thiol groups is 1. The molecular weight excluding hydrogens is 178 g/mol. The van der Waals surface area contributed by atoms with Crippen LogP contribution in [0.5, 0.6) is 0 Å². The lowest BCUT2D eigenvalue weighted by atomic mass is 10.2. The molecular formula is C7H5NO3S. The molecule has 0 spiro atoms. The predicted molar refractivity (Wildman–Crippen MR) is 45.7 cm³/mol. The van der Waals surface area contributed by atoms with Crippen molar-refractivity contribution in [2.45, 2.75) is 4.90 Å². The van der Waals surface area contributed by atoms with Gasteiger partial charge in [-0.25, -0.2) is 0 Å². The third kappa shape index (κ3) is 1.62. The molecule has 0 aliphatic carbocycles. The van der Waals surface area contributed by atoms with Crippen LogP contribution in [0.25, 0.3) is 0 Å². The van der Waals surface area contributed by atoms with E-state index in [9.17, 15) is 14.9 Å². The second kappa shape index (κ2) is 3.36. The van der Waals surface area contributed by atoms with Gasteiger partial charge in [0.2, 0.25) is 0 Å². The van der Waals surface area contributed by atoms with Gasteiger partial charge < -0.3 is 0 Å². The van der Waals surface area contributed by atoms with Crippen molar-refractivity contribution in [3.05, 3.63) is 33.9 Å². The largest absolute Gasteiger partial charge is 0.298 e. The topological polar surface area (TPSA) is 60.2 Å². The lowest BCUT2D eigenvalue weighted by Gasteiger charge is -1.95. The highest BCUT2D eigenvalue weighted by Gasteiger charge is 2.07. The van der Waals surface area contributed by atoms with Crippen molar-refractivity contribution in [3.8, 4) is 0 Å². The molecule has 0 bridgehead atoms. The molecule has 0 N–H and O–H groups in total. The molecule has 0 heterocycles. The standard InChI is InChI=1S/C7H5NO3S/c9-4-5-3-6(8(10)11)1-2-7(5)12/h1-4,12H. The number of nitro benzene ring substituents is 1. The van der Waals surface area contributed by atoms with Gasteiger partial charge in [0.25, 0.3) is 5.69 Å². The molecule has 5 heteroatoms. The van der Waals surface area contributed by atoms with Crippen molar-refractivity contribution in [1.29, 1.82) is 0 Å². The summed E-state index contributed by atoms with van der Waals surface area (Å²) in [6.07, 6.45) is 0.537. The van der Waals surface area contributed by atoms with Gasteiger partial charge in [0, 0.05) is 22.6 Å². The molecule has 0 aliphatic heterocycles. The Morgan fingerprint density at radius 3 is 2.67 bits per heavy atom. The lowest BCUT2D eigenvalue weighted by Crippen LogP contribution is -1.90. The first kappa shape index (κ1) is 8.73. The van der Waals surface area contributed by atoms with Gasteiger partial charge in [0.1, 0.15) is 0 Å². The van der Waals surface area contributed by atoms with Crippen molar-refractivity contribution in [2.75, 3.05) is 0 Å². The van der Waals surface area contributed by atoms with Gasteiger partial charge >= 0.3 is 0 Å². The van der Waals surface area contributed by atoms with Crippen LogP contribution in [0.1, 0.15) is 10.4 Å². The minimum atomic E-state index is -0.555. The maximum absolute atomic E-state index is 10.3. The Morgan fingerprint density at radius 1 is 1.50 bits per heavy atom. The molecule has 0 amide bonds. The zero-order chi connectivity index (χ0) is 9.14. The maximum atomic E-state index is 10.3. The zero-order valence-corrected chi connectivity index (χ0v) is 6.82. The minimum Gasteiger partial charge on any atom is -0.298 e. The summed E-state index contributed by atoms with van der Waals surface area (Å²) in [6, 6.07) is 3.91. The fraction of sp³-hybridized carbons (Fsp3) is 0. The highest BCUT2D eigenvalue weighted by atomic mass is 32.1. The third-order valence-corrected chi connectivity index (χ3v) is 1.76. The summed E-state index contributed by atoms with van der Waals surface area (Å²) in [7, 11) is 0. The summed E-state index contributed by atoms with van der Waals surface area (Å²) in [5.41, 5.74) is 0.127. The van der Waals surface area contributed by atoms with E-state index in [4.69, 9.17) is 0 Å². The Labute approximate surface area is 73.8 Å². The van der Waals surface area contributed by atoms with Crippen LogP contribution >= 0.6 is 12.6 Å². The minimum absolute atomic E-state index is 0.102. The van der Waals surface area contributed by atoms with Crippen LogP contribution in [0.2, 0.25) is 0 Å². The number of nitro groups is 1. The number of carbonyl (C=O) groups is 1. The van der Waals surface area contributed by atoms with Crippen LogP contribution in [0.15, 0.2) is 23.1 Å². The molecule has 1 aromatic rings. The molecule has 1 aromatic carbocycles. The van der Waals surface area contributed by atoms with E-state index >= 15 is 0 Å². The van der Waals surface area contributed by atoms with Crippen LogP contribution in [-0.4, -0.2) is 11.2 Å². The molecule has 0 atom stereocenters. The summed E-state index contributed by atoms with van der Waals surface area (Å²) in [4.78, 5) is 20.5. The molecule has 62 valence electrons. The second-order valence-electron chi connectivity index (χ2n) is 2.12. The number of non-ortho nitro benzene ring substituents is 1. The Hall–Kier alpha value is -1.36. The number of benzene rings is 1. The van der Waals surface area contributed by atoms with Crippen molar-refractivity contribution in [2.24, 2.45) is 0 Å². The van der Waals surface area contributed by atoms with Gasteiger partial charge in [-0.05, 0) is 6.07 Å². The van der Waals surface area contributed by atoms with Gasteiger partial charge in [-0.2, -0.15) is 0 Å². The highest BCUT2D eigenvalue weighted by Crippen LogP contribution is 2.18. The zero-order valence-electron chi connectivity index (χ0n) is 5.93. The summed E-state index contributed by atoms with van der Waals surface area (Å²) in [5, 5.41) is 10.2. The van der Waals surface area contributed by atoms with Gasteiger partial charge in [0.15, 0.2) is 6.29 Å². The van der Waals surface area contributed by atoms with Crippen LogP contribution < -0.4 is 0 Å². The van der Waals surface area contributed by atoms with E-state index < -0.39 is 4.92 Å². The molecule has 12 heavy (non-hydrogen) atoms. The smallest absolute Gasteiger partial charge is 0.270 e. The Balaban J connectivity index is 3.22. The van der Waals surface area contributed by atoms with Crippen LogP contribution in [0.3, 0.4) is 0 Å². The van der Waals surface area contributed by atoms with Crippen LogP contribution in [0, 0.1) is 10.1 Å². The van der Waals surface area contributed by atoms with Crippen LogP contribution in [0.4, 0.5) is 5.69 Å². The first-order valence-electron chi connectivity index (χ1n) is 3.07. The number of carbonyl (C=O) groups excluding carboxylic acids is 1. The molecule has 0 radical (unpaired) electrons. The summed E-state index contributed by atoms with van der Waals surface area (Å²) < 4.78 is 0. The fourth-order valence-corrected chi connectivity index (χ4v) is 0.942. The Kier molecular flexibility index (Phi) is 2.44. The molecule has 4 nitrogen and oxygen atoms in total. The highest BCUT2D eigenvalue weighted by molar-refractivity contribution is 7.80. The quantitative estimate of drug-likeness (QED) is 0.328. The van der Waals surface area contributed by atoms with Gasteiger partial charge in [0.05, 0.1) is 4.92 Å². The maximum Gasteiger partial charge on any atom is 0.270 e. The number of rotatable bonds is 2. The second-order valence-corrected chi connectivity index (χ2v) is 2.60. The molecule has 0 unspecified atom stereocenters. The monoisotopic (exact) mass is 183 g/mol. The van der Waals surface area contributed by atoms with Gasteiger partial charge in [-0.15, -0.1) is 12.6 Å². The molecule has 1 rings (SSSR count). The third-order valence-electron chi connectivity index (χ3n) is 1.35. The summed E-state index contributed by atoms with van der Waals surface area (Å²) >= 11 is 3.94. The molecule has 0 fully saturated rings. The molecule has 0 aliphatic rings. The summed E-state index contributed by atoms with van der Waals surface area (Å²) in [5.74, 6) is 0. The average Bonchev–Trinajstić information content (AvgIpc) is 2.05. The molecule has 0 saturated carbocycles. The van der Waals surface area contributed by atoms with Crippen molar-refractivity contribution in [1.82, 2.24) is 0 Å². The lowest BCUT2D eigenvalue weighted by molar-refractivity contribution is -0.384.